The molecule has 1 unspecified atom stereocenters. The smallest absolute Gasteiger partial charge is 0.333 e. The van der Waals surface area contributed by atoms with E-state index in [0.29, 0.717) is 21.8 Å². The van der Waals surface area contributed by atoms with Crippen LogP contribution in [0.25, 0.3) is 0 Å². The van der Waals surface area contributed by atoms with Crippen molar-refractivity contribution in [1.29, 1.82) is 0 Å². The van der Waals surface area contributed by atoms with Crippen molar-refractivity contribution in [2.75, 3.05) is 5.32 Å². The summed E-state index contributed by atoms with van der Waals surface area (Å²) in [4.78, 5) is 11.7. The van der Waals surface area contributed by atoms with Crippen molar-refractivity contribution in [3.63, 3.8) is 0 Å². The molecule has 0 aromatic heterocycles. The highest BCUT2D eigenvalue weighted by molar-refractivity contribution is 6.31. The lowest BCUT2D eigenvalue weighted by molar-refractivity contribution is -0.142. The molecule has 0 fully saturated rings. The van der Waals surface area contributed by atoms with Gasteiger partial charge in [-0.1, -0.05) is 29.8 Å². The summed E-state index contributed by atoms with van der Waals surface area (Å²) in [6.45, 7) is 3.23. The van der Waals surface area contributed by atoms with E-state index in [1.807, 2.05) is 0 Å². The van der Waals surface area contributed by atoms with E-state index in [-0.39, 0.29) is 0 Å². The first-order valence-corrected chi connectivity index (χ1v) is 6.74. The molecule has 0 heterocycles. The lowest BCUT2D eigenvalue weighted by atomic mass is 9.91. The maximum atomic E-state index is 13.5. The second kappa shape index (κ2) is 5.74. The molecule has 0 radical (unpaired) electrons. The molecule has 0 amide bonds. The van der Waals surface area contributed by atoms with E-state index < -0.39 is 17.3 Å². The molecule has 0 spiro atoms. The standard InChI is InChI=1S/C16H15ClFNO2/c1-10-7-11(18)9-12(8-10)19-16(2,15(20)21)13-5-3-4-6-14(13)17/h3-9,19H,1-2H3,(H,20,21). The zero-order valence-corrected chi connectivity index (χ0v) is 12.4. The molecule has 2 aromatic rings. The zero-order valence-electron chi connectivity index (χ0n) is 11.7. The Kier molecular flexibility index (Phi) is 4.19. The number of carboxylic acids is 1. The summed E-state index contributed by atoms with van der Waals surface area (Å²) in [6, 6.07) is 11.0. The third-order valence-electron chi connectivity index (χ3n) is 3.28. The molecule has 21 heavy (non-hydrogen) atoms. The number of carbonyl (C=O) groups is 1. The molecule has 0 aliphatic carbocycles. The maximum Gasteiger partial charge on any atom is 0.333 e. The highest BCUT2D eigenvalue weighted by atomic mass is 35.5. The van der Waals surface area contributed by atoms with Gasteiger partial charge in [-0.05, 0) is 43.7 Å². The molecule has 0 bridgehead atoms. The minimum absolute atomic E-state index is 0.336. The molecule has 2 N–H and O–H groups in total. The fourth-order valence-electron chi connectivity index (χ4n) is 2.20. The van der Waals surface area contributed by atoms with E-state index in [2.05, 4.69) is 5.32 Å². The van der Waals surface area contributed by atoms with Crippen molar-refractivity contribution in [2.45, 2.75) is 19.4 Å². The Morgan fingerprint density at radius 1 is 1.29 bits per heavy atom. The largest absolute Gasteiger partial charge is 0.479 e. The normalized spacial score (nSPS) is 13.5. The van der Waals surface area contributed by atoms with Crippen LogP contribution in [0.3, 0.4) is 0 Å². The van der Waals surface area contributed by atoms with Gasteiger partial charge < -0.3 is 10.4 Å². The molecule has 0 saturated heterocycles. The number of halogens is 2. The van der Waals surface area contributed by atoms with Crippen LogP contribution in [0.5, 0.6) is 0 Å². The third kappa shape index (κ3) is 3.16. The number of anilines is 1. The summed E-state index contributed by atoms with van der Waals surface area (Å²) in [5.41, 5.74) is 0.0428. The summed E-state index contributed by atoms with van der Waals surface area (Å²) in [5.74, 6) is -1.53. The first-order valence-electron chi connectivity index (χ1n) is 6.37. The van der Waals surface area contributed by atoms with Crippen LogP contribution < -0.4 is 5.32 Å². The molecule has 1 atom stereocenters. The molecule has 5 heteroatoms. The number of rotatable bonds is 4. The van der Waals surface area contributed by atoms with Gasteiger partial charge >= 0.3 is 5.97 Å². The van der Waals surface area contributed by atoms with Crippen LogP contribution in [0.4, 0.5) is 10.1 Å². The van der Waals surface area contributed by atoms with Gasteiger partial charge in [-0.15, -0.1) is 0 Å². The summed E-state index contributed by atoms with van der Waals surface area (Å²) >= 11 is 6.10. The fourth-order valence-corrected chi connectivity index (χ4v) is 2.52. The second-order valence-electron chi connectivity index (χ2n) is 5.05. The molecule has 0 saturated carbocycles. The highest BCUT2D eigenvalue weighted by Gasteiger charge is 2.37. The first-order chi connectivity index (χ1) is 9.83. The van der Waals surface area contributed by atoms with E-state index >= 15 is 0 Å². The van der Waals surface area contributed by atoms with Crippen molar-refractivity contribution in [3.05, 3.63) is 64.4 Å². The highest BCUT2D eigenvalue weighted by Crippen LogP contribution is 2.32. The first kappa shape index (κ1) is 15.3. The Bertz CT molecular complexity index is 669. The lowest BCUT2D eigenvalue weighted by Crippen LogP contribution is -2.40. The van der Waals surface area contributed by atoms with Gasteiger partial charge in [0.2, 0.25) is 0 Å². The summed E-state index contributed by atoms with van der Waals surface area (Å²) in [7, 11) is 0. The van der Waals surface area contributed by atoms with E-state index in [4.69, 9.17) is 11.6 Å². The molecular weight excluding hydrogens is 293 g/mol. The van der Waals surface area contributed by atoms with Gasteiger partial charge in [0.05, 0.1) is 0 Å². The zero-order chi connectivity index (χ0) is 15.6. The SMILES string of the molecule is Cc1cc(F)cc(NC(C)(C(=O)O)c2ccccc2Cl)c1. The second-order valence-corrected chi connectivity index (χ2v) is 5.46. The van der Waals surface area contributed by atoms with Crippen molar-refractivity contribution >= 4 is 23.3 Å². The quantitative estimate of drug-likeness (QED) is 0.890. The van der Waals surface area contributed by atoms with Crippen LogP contribution >= 0.6 is 11.6 Å². The molecular formula is C16H15ClFNO2. The Balaban J connectivity index is 2.49. The van der Waals surface area contributed by atoms with Gasteiger partial charge in [-0.3, -0.25) is 0 Å². The number of hydrogen-bond acceptors (Lipinski definition) is 2. The molecule has 2 aromatic carbocycles. The van der Waals surface area contributed by atoms with Gasteiger partial charge in [0.25, 0.3) is 0 Å². The Morgan fingerprint density at radius 2 is 1.95 bits per heavy atom. The molecule has 3 nitrogen and oxygen atoms in total. The Labute approximate surface area is 127 Å². The number of aryl methyl sites for hydroxylation is 1. The average Bonchev–Trinajstić information content (AvgIpc) is 2.37. The summed E-state index contributed by atoms with van der Waals surface area (Å²) < 4.78 is 13.5. The molecule has 0 aliphatic rings. The predicted molar refractivity (Wildman–Crippen MR) is 81.2 cm³/mol. The number of hydrogen-bond donors (Lipinski definition) is 2. The Morgan fingerprint density at radius 3 is 2.52 bits per heavy atom. The van der Waals surface area contributed by atoms with Crippen LogP contribution in [-0.2, 0) is 10.3 Å². The molecule has 0 aliphatic heterocycles. The van der Waals surface area contributed by atoms with Crippen LogP contribution in [0, 0.1) is 12.7 Å². The van der Waals surface area contributed by atoms with Gasteiger partial charge in [0.15, 0.2) is 5.54 Å². The molecule has 110 valence electrons. The van der Waals surface area contributed by atoms with Gasteiger partial charge in [-0.2, -0.15) is 0 Å². The fraction of sp³-hybridized carbons (Fsp3) is 0.188. The van der Waals surface area contributed by atoms with Crippen molar-refractivity contribution in [3.8, 4) is 0 Å². The van der Waals surface area contributed by atoms with E-state index in [0.717, 1.165) is 0 Å². The van der Waals surface area contributed by atoms with Crippen LogP contribution in [0.15, 0.2) is 42.5 Å². The maximum absolute atomic E-state index is 13.5. The van der Waals surface area contributed by atoms with Crippen molar-refractivity contribution in [1.82, 2.24) is 0 Å². The predicted octanol–water partition coefficient (Wildman–Crippen LogP) is 4.20. The summed E-state index contributed by atoms with van der Waals surface area (Å²) in [5, 5.41) is 12.8. The van der Waals surface area contributed by atoms with E-state index in [9.17, 15) is 14.3 Å². The third-order valence-corrected chi connectivity index (χ3v) is 3.61. The lowest BCUT2D eigenvalue weighted by Gasteiger charge is -2.29. The Hall–Kier alpha value is -2.07. The minimum Gasteiger partial charge on any atom is -0.479 e. The number of aliphatic carboxylic acids is 1. The van der Waals surface area contributed by atoms with Crippen molar-refractivity contribution < 1.29 is 14.3 Å². The topological polar surface area (TPSA) is 49.3 Å². The number of carboxylic acid groups (broad SMARTS) is 1. The average molecular weight is 308 g/mol. The van der Waals surface area contributed by atoms with Crippen LogP contribution in [-0.4, -0.2) is 11.1 Å². The summed E-state index contributed by atoms with van der Waals surface area (Å²) in [6.07, 6.45) is 0. The number of benzene rings is 2. The van der Waals surface area contributed by atoms with E-state index in [1.165, 1.54) is 19.1 Å². The monoisotopic (exact) mass is 307 g/mol. The minimum atomic E-state index is -1.46. The number of nitrogens with one attached hydrogen (secondary N) is 1. The van der Waals surface area contributed by atoms with E-state index in [1.54, 1.807) is 37.3 Å². The van der Waals surface area contributed by atoms with Crippen molar-refractivity contribution in [2.24, 2.45) is 0 Å². The van der Waals surface area contributed by atoms with Crippen LogP contribution in [0.1, 0.15) is 18.1 Å². The molecule has 2 rings (SSSR count). The van der Waals surface area contributed by atoms with Gasteiger partial charge in [0.1, 0.15) is 5.82 Å². The van der Waals surface area contributed by atoms with Crippen LogP contribution in [0.2, 0.25) is 5.02 Å². The van der Waals surface area contributed by atoms with Gasteiger partial charge in [-0.25, -0.2) is 9.18 Å². The van der Waals surface area contributed by atoms with Gasteiger partial charge in [0, 0.05) is 16.3 Å².